The molecule has 1 fully saturated rings. The van der Waals surface area contributed by atoms with Gasteiger partial charge in [0.2, 0.25) is 0 Å². The van der Waals surface area contributed by atoms with Crippen molar-refractivity contribution in [2.24, 2.45) is 0 Å². The molecule has 0 radical (unpaired) electrons. The second kappa shape index (κ2) is 29.1. The standard InChI is InChI=1S/C37H66O10/c1-3-5-7-9-11-12-13-14-15-16-17-18-20-22-24-26-33(40)46-30(28-44-32(39)25-23-21-19-10-8-6-4-2)29-45-37-36(43)35(42)34(41)31(27-38)47-37/h11-12,14-15,30-31,34-38,41-43H,3-10,13,16-29H2,1-2H3/b12-11-,15-14-/t30?,31-,34+,35+,36-,37-/m1/s1. The summed E-state index contributed by atoms with van der Waals surface area (Å²) in [5.74, 6) is -0.831. The highest BCUT2D eigenvalue weighted by atomic mass is 16.7. The zero-order valence-electron chi connectivity index (χ0n) is 29.3. The first kappa shape index (κ1) is 43.2. The van der Waals surface area contributed by atoms with Crippen molar-refractivity contribution >= 4 is 11.9 Å². The zero-order chi connectivity index (χ0) is 34.5. The molecule has 1 aliphatic heterocycles. The molecule has 0 aromatic rings. The summed E-state index contributed by atoms with van der Waals surface area (Å²) in [6.07, 6.45) is 20.7. The highest BCUT2D eigenvalue weighted by Crippen LogP contribution is 2.22. The fraction of sp³-hybridized carbons (Fsp3) is 0.838. The molecular formula is C37H66O10. The Hall–Kier alpha value is -1.82. The highest BCUT2D eigenvalue weighted by Gasteiger charge is 2.44. The minimum Gasteiger partial charge on any atom is -0.462 e. The summed E-state index contributed by atoms with van der Waals surface area (Å²) < 4.78 is 21.9. The van der Waals surface area contributed by atoms with Crippen molar-refractivity contribution in [1.82, 2.24) is 0 Å². The number of esters is 2. The summed E-state index contributed by atoms with van der Waals surface area (Å²) >= 11 is 0. The van der Waals surface area contributed by atoms with Crippen LogP contribution in [0.15, 0.2) is 24.3 Å². The van der Waals surface area contributed by atoms with E-state index in [0.29, 0.717) is 6.42 Å². The first-order valence-electron chi connectivity index (χ1n) is 18.4. The number of aliphatic hydroxyl groups excluding tert-OH is 4. The number of rotatable bonds is 29. The van der Waals surface area contributed by atoms with Gasteiger partial charge >= 0.3 is 11.9 Å². The molecule has 47 heavy (non-hydrogen) atoms. The average Bonchev–Trinajstić information content (AvgIpc) is 3.06. The molecule has 1 aliphatic rings. The van der Waals surface area contributed by atoms with Gasteiger partial charge in [-0.3, -0.25) is 9.59 Å². The number of aliphatic hydroxyl groups is 4. The van der Waals surface area contributed by atoms with Crippen LogP contribution in [0, 0.1) is 0 Å². The lowest BCUT2D eigenvalue weighted by Gasteiger charge is -2.39. The fourth-order valence-electron chi connectivity index (χ4n) is 5.33. The minimum absolute atomic E-state index is 0.215. The molecule has 0 aromatic carbocycles. The summed E-state index contributed by atoms with van der Waals surface area (Å²) in [4.78, 5) is 25.0. The number of ether oxygens (including phenoxy) is 4. The van der Waals surface area contributed by atoms with E-state index in [1.165, 1.54) is 44.9 Å². The maximum Gasteiger partial charge on any atom is 0.306 e. The second-order valence-corrected chi connectivity index (χ2v) is 12.7. The third-order valence-corrected chi connectivity index (χ3v) is 8.34. The van der Waals surface area contributed by atoms with Gasteiger partial charge in [0.25, 0.3) is 0 Å². The summed E-state index contributed by atoms with van der Waals surface area (Å²) in [5.41, 5.74) is 0. The molecule has 6 atom stereocenters. The lowest BCUT2D eigenvalue weighted by atomic mass is 9.99. The van der Waals surface area contributed by atoms with E-state index in [1.54, 1.807) is 0 Å². The Morgan fingerprint density at radius 2 is 1.19 bits per heavy atom. The van der Waals surface area contributed by atoms with Crippen LogP contribution < -0.4 is 0 Å². The molecule has 10 nitrogen and oxygen atoms in total. The van der Waals surface area contributed by atoms with E-state index in [4.69, 9.17) is 18.9 Å². The molecule has 1 unspecified atom stereocenters. The third-order valence-electron chi connectivity index (χ3n) is 8.34. The van der Waals surface area contributed by atoms with Gasteiger partial charge in [-0.05, 0) is 44.9 Å². The molecule has 0 aromatic heterocycles. The van der Waals surface area contributed by atoms with Crippen LogP contribution in [0.3, 0.4) is 0 Å². The maximum atomic E-state index is 12.6. The number of hydrogen-bond acceptors (Lipinski definition) is 10. The monoisotopic (exact) mass is 670 g/mol. The van der Waals surface area contributed by atoms with Crippen LogP contribution >= 0.6 is 0 Å². The van der Waals surface area contributed by atoms with Gasteiger partial charge in [-0.2, -0.15) is 0 Å². The number of carbonyl (C=O) groups is 2. The van der Waals surface area contributed by atoms with E-state index in [0.717, 1.165) is 64.2 Å². The molecule has 274 valence electrons. The normalized spacial score (nSPS) is 22.2. The van der Waals surface area contributed by atoms with Crippen molar-refractivity contribution in [2.45, 2.75) is 179 Å². The largest absolute Gasteiger partial charge is 0.462 e. The highest BCUT2D eigenvalue weighted by molar-refractivity contribution is 5.70. The van der Waals surface area contributed by atoms with Gasteiger partial charge in [0.05, 0.1) is 13.2 Å². The predicted molar refractivity (Wildman–Crippen MR) is 183 cm³/mol. The van der Waals surface area contributed by atoms with E-state index in [2.05, 4.69) is 38.2 Å². The van der Waals surface area contributed by atoms with Gasteiger partial charge < -0.3 is 39.4 Å². The summed E-state index contributed by atoms with van der Waals surface area (Å²) in [7, 11) is 0. The van der Waals surface area contributed by atoms with Crippen LogP contribution in [0.2, 0.25) is 0 Å². The van der Waals surface area contributed by atoms with Crippen LogP contribution in [-0.2, 0) is 28.5 Å². The summed E-state index contributed by atoms with van der Waals surface area (Å²) in [6, 6.07) is 0. The molecule has 1 heterocycles. The van der Waals surface area contributed by atoms with Gasteiger partial charge in [0.15, 0.2) is 12.4 Å². The average molecular weight is 671 g/mol. The molecule has 0 amide bonds. The molecule has 0 spiro atoms. The molecular weight excluding hydrogens is 604 g/mol. The lowest BCUT2D eigenvalue weighted by molar-refractivity contribution is -0.305. The lowest BCUT2D eigenvalue weighted by Crippen LogP contribution is -2.59. The van der Waals surface area contributed by atoms with Gasteiger partial charge in [0, 0.05) is 12.8 Å². The van der Waals surface area contributed by atoms with Gasteiger partial charge in [0.1, 0.15) is 31.0 Å². The van der Waals surface area contributed by atoms with E-state index >= 15 is 0 Å². The van der Waals surface area contributed by atoms with Crippen LogP contribution in [0.5, 0.6) is 0 Å². The fourth-order valence-corrected chi connectivity index (χ4v) is 5.33. The second-order valence-electron chi connectivity index (χ2n) is 12.7. The number of allylic oxidation sites excluding steroid dienone is 4. The zero-order valence-corrected chi connectivity index (χ0v) is 29.3. The number of carbonyl (C=O) groups excluding carboxylic acids is 2. The van der Waals surface area contributed by atoms with Gasteiger partial charge in [-0.15, -0.1) is 0 Å². The molecule has 1 rings (SSSR count). The summed E-state index contributed by atoms with van der Waals surface area (Å²) in [5, 5.41) is 39.8. The van der Waals surface area contributed by atoms with Gasteiger partial charge in [-0.1, -0.05) is 109 Å². The van der Waals surface area contributed by atoms with Crippen LogP contribution in [0.1, 0.15) is 142 Å². The van der Waals surface area contributed by atoms with Crippen molar-refractivity contribution in [3.05, 3.63) is 24.3 Å². The first-order chi connectivity index (χ1) is 22.8. The summed E-state index contributed by atoms with van der Waals surface area (Å²) in [6.45, 7) is 3.30. The van der Waals surface area contributed by atoms with Crippen molar-refractivity contribution in [2.75, 3.05) is 19.8 Å². The topological polar surface area (TPSA) is 152 Å². The molecule has 10 heteroatoms. The van der Waals surface area contributed by atoms with E-state index in [1.807, 2.05) is 0 Å². The maximum absolute atomic E-state index is 12.6. The molecule has 1 saturated heterocycles. The molecule has 0 aliphatic carbocycles. The predicted octanol–water partition coefficient (Wildman–Crippen LogP) is 6.21. The van der Waals surface area contributed by atoms with Crippen LogP contribution in [0.25, 0.3) is 0 Å². The molecule has 4 N–H and O–H groups in total. The van der Waals surface area contributed by atoms with Crippen molar-refractivity contribution in [1.29, 1.82) is 0 Å². The van der Waals surface area contributed by atoms with Crippen LogP contribution in [-0.4, -0.2) is 89.0 Å². The first-order valence-corrected chi connectivity index (χ1v) is 18.4. The number of unbranched alkanes of at least 4 members (excludes halogenated alkanes) is 14. The van der Waals surface area contributed by atoms with E-state index < -0.39 is 49.4 Å². The van der Waals surface area contributed by atoms with E-state index in [-0.39, 0.29) is 32.0 Å². The van der Waals surface area contributed by atoms with Crippen molar-refractivity contribution in [3.63, 3.8) is 0 Å². The van der Waals surface area contributed by atoms with E-state index in [9.17, 15) is 30.0 Å². The Bertz CT molecular complexity index is 830. The molecule has 0 saturated carbocycles. The Morgan fingerprint density at radius 1 is 0.660 bits per heavy atom. The Kier molecular flexibility index (Phi) is 26.8. The third kappa shape index (κ3) is 21.7. The molecule has 0 bridgehead atoms. The Morgan fingerprint density at radius 3 is 1.81 bits per heavy atom. The minimum atomic E-state index is -1.59. The Balaban J connectivity index is 2.41. The quantitative estimate of drug-likeness (QED) is 0.0411. The van der Waals surface area contributed by atoms with Crippen molar-refractivity contribution < 1.29 is 49.0 Å². The SMILES string of the molecule is CCCCC/C=C\C/C=C\CCCCCCCC(=O)OC(COC(=O)CCCCCCCCC)CO[C@@H]1O[C@H](CO)[C@H](O)[C@H](O)[C@H]1O. The van der Waals surface area contributed by atoms with Gasteiger partial charge in [-0.25, -0.2) is 0 Å². The number of hydrogen-bond donors (Lipinski definition) is 4. The van der Waals surface area contributed by atoms with Crippen molar-refractivity contribution in [3.8, 4) is 0 Å². The smallest absolute Gasteiger partial charge is 0.306 e. The van der Waals surface area contributed by atoms with Crippen LogP contribution in [0.4, 0.5) is 0 Å². The Labute approximate surface area is 283 Å².